The maximum Gasteiger partial charge on any atom is 0.120 e. The van der Waals surface area contributed by atoms with Crippen molar-refractivity contribution in [2.24, 2.45) is 5.73 Å². The van der Waals surface area contributed by atoms with Crippen molar-refractivity contribution in [3.05, 3.63) is 53.9 Å². The van der Waals surface area contributed by atoms with E-state index in [-0.39, 0.29) is 0 Å². The lowest BCUT2D eigenvalue weighted by Gasteiger charge is -2.25. The van der Waals surface area contributed by atoms with Crippen LogP contribution in [0.5, 0.6) is 5.75 Å². The van der Waals surface area contributed by atoms with Crippen molar-refractivity contribution >= 4 is 5.69 Å². The molecule has 4 nitrogen and oxygen atoms in total. The van der Waals surface area contributed by atoms with Crippen molar-refractivity contribution in [3.63, 3.8) is 0 Å². The standard InChI is InChI=1S/C16H21N3O/c1-3-19(12-14-6-4-5-9-18-14)16-10-15(20-2)8-7-13(16)11-17/h4-10H,3,11-12,17H2,1-2H3. The molecular formula is C16H21N3O. The third-order valence-electron chi connectivity index (χ3n) is 3.31. The fourth-order valence-electron chi connectivity index (χ4n) is 2.19. The summed E-state index contributed by atoms with van der Waals surface area (Å²) in [5.41, 5.74) is 9.11. The molecule has 0 atom stereocenters. The van der Waals surface area contributed by atoms with Crippen LogP contribution in [0.4, 0.5) is 5.69 Å². The molecule has 0 spiro atoms. The Hall–Kier alpha value is -2.07. The molecule has 1 aromatic heterocycles. The van der Waals surface area contributed by atoms with E-state index >= 15 is 0 Å². The normalized spacial score (nSPS) is 10.3. The number of ether oxygens (including phenoxy) is 1. The van der Waals surface area contributed by atoms with E-state index in [1.807, 2.05) is 42.6 Å². The van der Waals surface area contributed by atoms with Crippen molar-refractivity contribution in [1.82, 2.24) is 4.98 Å². The van der Waals surface area contributed by atoms with E-state index in [1.165, 1.54) is 0 Å². The predicted molar refractivity (Wildman–Crippen MR) is 81.8 cm³/mol. The quantitative estimate of drug-likeness (QED) is 0.877. The summed E-state index contributed by atoms with van der Waals surface area (Å²) in [6, 6.07) is 12.0. The third kappa shape index (κ3) is 3.27. The monoisotopic (exact) mass is 271 g/mol. The van der Waals surface area contributed by atoms with Crippen LogP contribution in [-0.2, 0) is 13.1 Å². The molecule has 0 amide bonds. The van der Waals surface area contributed by atoms with Crippen LogP contribution in [0.2, 0.25) is 0 Å². The Bertz CT molecular complexity index is 543. The second-order valence-electron chi connectivity index (χ2n) is 4.53. The average Bonchev–Trinajstić information content (AvgIpc) is 2.53. The number of methoxy groups -OCH3 is 1. The zero-order valence-corrected chi connectivity index (χ0v) is 12.0. The minimum Gasteiger partial charge on any atom is -0.497 e. The first-order valence-electron chi connectivity index (χ1n) is 6.80. The number of pyridine rings is 1. The molecule has 106 valence electrons. The van der Waals surface area contributed by atoms with Crippen LogP contribution >= 0.6 is 0 Å². The van der Waals surface area contributed by atoms with E-state index in [9.17, 15) is 0 Å². The smallest absolute Gasteiger partial charge is 0.120 e. The molecule has 0 radical (unpaired) electrons. The predicted octanol–water partition coefficient (Wildman–Crippen LogP) is 2.58. The van der Waals surface area contributed by atoms with E-state index in [0.29, 0.717) is 6.54 Å². The Labute approximate surface area is 120 Å². The number of benzene rings is 1. The number of anilines is 1. The number of nitrogens with zero attached hydrogens (tertiary/aromatic N) is 2. The van der Waals surface area contributed by atoms with Crippen LogP contribution in [0.1, 0.15) is 18.2 Å². The second kappa shape index (κ2) is 6.91. The van der Waals surface area contributed by atoms with E-state index in [4.69, 9.17) is 10.5 Å². The first kappa shape index (κ1) is 14.3. The molecule has 0 fully saturated rings. The number of hydrogen-bond acceptors (Lipinski definition) is 4. The number of rotatable bonds is 6. The van der Waals surface area contributed by atoms with Gasteiger partial charge in [-0.05, 0) is 30.7 Å². The van der Waals surface area contributed by atoms with Gasteiger partial charge in [-0.2, -0.15) is 0 Å². The summed E-state index contributed by atoms with van der Waals surface area (Å²) in [5, 5.41) is 0. The van der Waals surface area contributed by atoms with Gasteiger partial charge in [0.15, 0.2) is 0 Å². The highest BCUT2D eigenvalue weighted by Crippen LogP contribution is 2.27. The summed E-state index contributed by atoms with van der Waals surface area (Å²) in [6.07, 6.45) is 1.82. The zero-order chi connectivity index (χ0) is 14.4. The molecule has 2 rings (SSSR count). The van der Waals surface area contributed by atoms with Gasteiger partial charge in [0.2, 0.25) is 0 Å². The molecule has 2 aromatic rings. The van der Waals surface area contributed by atoms with Gasteiger partial charge in [-0.1, -0.05) is 12.1 Å². The maximum atomic E-state index is 5.84. The van der Waals surface area contributed by atoms with Crippen LogP contribution in [0.25, 0.3) is 0 Å². The molecule has 0 saturated carbocycles. The minimum absolute atomic E-state index is 0.512. The lowest BCUT2D eigenvalue weighted by Crippen LogP contribution is -2.24. The Kier molecular flexibility index (Phi) is 4.96. The van der Waals surface area contributed by atoms with Crippen LogP contribution in [0.15, 0.2) is 42.6 Å². The van der Waals surface area contributed by atoms with Gasteiger partial charge in [0, 0.05) is 31.0 Å². The maximum absolute atomic E-state index is 5.84. The van der Waals surface area contributed by atoms with Gasteiger partial charge in [-0.3, -0.25) is 4.98 Å². The largest absolute Gasteiger partial charge is 0.497 e. The molecule has 0 aliphatic rings. The fraction of sp³-hybridized carbons (Fsp3) is 0.312. The molecule has 4 heteroatoms. The lowest BCUT2D eigenvalue weighted by atomic mass is 10.1. The molecule has 1 heterocycles. The summed E-state index contributed by atoms with van der Waals surface area (Å²) < 4.78 is 5.32. The molecule has 1 aromatic carbocycles. The van der Waals surface area contributed by atoms with E-state index in [0.717, 1.165) is 35.8 Å². The SMILES string of the molecule is CCN(Cc1ccccn1)c1cc(OC)ccc1CN. The van der Waals surface area contributed by atoms with Crippen molar-refractivity contribution < 1.29 is 4.74 Å². The molecule has 0 saturated heterocycles. The van der Waals surface area contributed by atoms with Crippen LogP contribution in [-0.4, -0.2) is 18.6 Å². The highest BCUT2D eigenvalue weighted by Gasteiger charge is 2.11. The molecule has 20 heavy (non-hydrogen) atoms. The summed E-state index contributed by atoms with van der Waals surface area (Å²) in [4.78, 5) is 6.64. The van der Waals surface area contributed by atoms with Crippen molar-refractivity contribution in [2.45, 2.75) is 20.0 Å². The summed E-state index contributed by atoms with van der Waals surface area (Å²) in [5.74, 6) is 0.844. The van der Waals surface area contributed by atoms with Gasteiger partial charge < -0.3 is 15.4 Å². The zero-order valence-electron chi connectivity index (χ0n) is 12.0. The summed E-state index contributed by atoms with van der Waals surface area (Å²) in [6.45, 7) is 4.29. The molecule has 2 N–H and O–H groups in total. The average molecular weight is 271 g/mol. The van der Waals surface area contributed by atoms with Crippen molar-refractivity contribution in [2.75, 3.05) is 18.6 Å². The first-order valence-corrected chi connectivity index (χ1v) is 6.80. The molecule has 0 unspecified atom stereocenters. The van der Waals surface area contributed by atoms with Crippen LogP contribution in [0, 0.1) is 0 Å². The van der Waals surface area contributed by atoms with Gasteiger partial charge in [-0.25, -0.2) is 0 Å². The Morgan fingerprint density at radius 3 is 2.70 bits per heavy atom. The molecule has 0 aliphatic heterocycles. The topological polar surface area (TPSA) is 51.4 Å². The minimum atomic E-state index is 0.512. The van der Waals surface area contributed by atoms with E-state index < -0.39 is 0 Å². The first-order chi connectivity index (χ1) is 9.78. The van der Waals surface area contributed by atoms with Crippen LogP contribution in [0.3, 0.4) is 0 Å². The van der Waals surface area contributed by atoms with E-state index in [1.54, 1.807) is 7.11 Å². The highest BCUT2D eigenvalue weighted by atomic mass is 16.5. The Morgan fingerprint density at radius 1 is 1.25 bits per heavy atom. The van der Waals surface area contributed by atoms with Gasteiger partial charge >= 0.3 is 0 Å². The van der Waals surface area contributed by atoms with Crippen LogP contribution < -0.4 is 15.4 Å². The number of aromatic nitrogens is 1. The van der Waals surface area contributed by atoms with Gasteiger partial charge in [0.1, 0.15) is 5.75 Å². The summed E-state index contributed by atoms with van der Waals surface area (Å²) >= 11 is 0. The summed E-state index contributed by atoms with van der Waals surface area (Å²) in [7, 11) is 1.68. The van der Waals surface area contributed by atoms with Gasteiger partial charge in [0.05, 0.1) is 19.3 Å². The number of nitrogens with two attached hydrogens (primary N) is 1. The highest BCUT2D eigenvalue weighted by molar-refractivity contribution is 5.57. The fourth-order valence-corrected chi connectivity index (χ4v) is 2.19. The third-order valence-corrected chi connectivity index (χ3v) is 3.31. The Balaban J connectivity index is 2.30. The number of hydrogen-bond donors (Lipinski definition) is 1. The van der Waals surface area contributed by atoms with Gasteiger partial charge in [-0.15, -0.1) is 0 Å². The van der Waals surface area contributed by atoms with Crippen molar-refractivity contribution in [1.29, 1.82) is 0 Å². The Morgan fingerprint density at radius 2 is 2.10 bits per heavy atom. The lowest BCUT2D eigenvalue weighted by molar-refractivity contribution is 0.414. The molecule has 0 aliphatic carbocycles. The van der Waals surface area contributed by atoms with Crippen molar-refractivity contribution in [3.8, 4) is 5.75 Å². The van der Waals surface area contributed by atoms with Gasteiger partial charge in [0.25, 0.3) is 0 Å². The van der Waals surface area contributed by atoms with E-state index in [2.05, 4.69) is 16.8 Å². The molecule has 0 bridgehead atoms. The molecular weight excluding hydrogens is 250 g/mol. The second-order valence-corrected chi connectivity index (χ2v) is 4.53.